The van der Waals surface area contributed by atoms with E-state index in [1.54, 1.807) is 19.1 Å². The Kier molecular flexibility index (Phi) is 5.85. The number of thioether (sulfide) groups is 1. The lowest BCUT2D eigenvalue weighted by molar-refractivity contribution is -0.135. The van der Waals surface area contributed by atoms with Gasteiger partial charge in [0.2, 0.25) is 0 Å². The van der Waals surface area contributed by atoms with Crippen molar-refractivity contribution in [3.8, 4) is 0 Å². The van der Waals surface area contributed by atoms with Crippen molar-refractivity contribution in [3.05, 3.63) is 40.8 Å². The summed E-state index contributed by atoms with van der Waals surface area (Å²) in [5.74, 6) is -1.11. The number of nitrogens with one attached hydrogen (secondary N) is 1. The molecule has 1 N–H and O–H groups in total. The molecule has 10 heteroatoms. The van der Waals surface area contributed by atoms with E-state index in [1.165, 1.54) is 24.1 Å². The second kappa shape index (κ2) is 7.70. The number of amides is 1. The molecule has 8 nitrogen and oxygen atoms in total. The second-order valence-corrected chi connectivity index (χ2v) is 7.66. The van der Waals surface area contributed by atoms with Crippen LogP contribution in [0.4, 0.5) is 0 Å². The molecule has 0 spiro atoms. The first-order chi connectivity index (χ1) is 11.8. The van der Waals surface area contributed by atoms with Crippen LogP contribution in [0, 0.1) is 6.92 Å². The fourth-order valence-corrected chi connectivity index (χ4v) is 3.73. The van der Waals surface area contributed by atoms with Crippen molar-refractivity contribution < 1.29 is 22.7 Å². The second-order valence-electron chi connectivity index (χ2n) is 4.99. The van der Waals surface area contributed by atoms with E-state index < -0.39 is 21.9 Å². The SMILES string of the molecule is CCN1C(=O)/C(=C/C(=O)OC)S/C1=N\NS(=O)(=O)c1ccc(C)cc1. The first-order valence-corrected chi connectivity index (χ1v) is 9.54. The third-order valence-electron chi connectivity index (χ3n) is 3.25. The van der Waals surface area contributed by atoms with Crippen LogP contribution in [-0.4, -0.2) is 44.0 Å². The van der Waals surface area contributed by atoms with Gasteiger partial charge in [-0.25, -0.2) is 4.79 Å². The Morgan fingerprint density at radius 2 is 2.00 bits per heavy atom. The minimum absolute atomic E-state index is 0.0603. The predicted octanol–water partition coefficient (Wildman–Crippen LogP) is 1.20. The normalized spacial score (nSPS) is 18.0. The van der Waals surface area contributed by atoms with Gasteiger partial charge in [-0.3, -0.25) is 9.69 Å². The number of nitrogens with zero attached hydrogens (tertiary/aromatic N) is 2. The summed E-state index contributed by atoms with van der Waals surface area (Å²) in [6.45, 7) is 3.83. The summed E-state index contributed by atoms with van der Waals surface area (Å²) in [5.41, 5.74) is 0.928. The topological polar surface area (TPSA) is 105 Å². The van der Waals surface area contributed by atoms with Gasteiger partial charge in [0.15, 0.2) is 5.17 Å². The Labute approximate surface area is 150 Å². The molecule has 1 fully saturated rings. The molecule has 1 aliphatic heterocycles. The highest BCUT2D eigenvalue weighted by Gasteiger charge is 2.33. The smallest absolute Gasteiger partial charge is 0.331 e. The zero-order valence-corrected chi connectivity index (χ0v) is 15.5. The summed E-state index contributed by atoms with van der Waals surface area (Å²) in [7, 11) is -2.66. The molecule has 0 bridgehead atoms. The van der Waals surface area contributed by atoms with Gasteiger partial charge in [-0.05, 0) is 37.7 Å². The van der Waals surface area contributed by atoms with Crippen LogP contribution in [-0.2, 0) is 24.3 Å². The minimum Gasteiger partial charge on any atom is -0.466 e. The number of benzene rings is 1. The quantitative estimate of drug-likeness (QED) is 0.465. The Hall–Kier alpha value is -2.33. The first-order valence-electron chi connectivity index (χ1n) is 7.24. The molecule has 2 rings (SSSR count). The summed E-state index contributed by atoms with van der Waals surface area (Å²) < 4.78 is 29.0. The van der Waals surface area contributed by atoms with Crippen LogP contribution in [0.3, 0.4) is 0 Å². The highest BCUT2D eigenvalue weighted by atomic mass is 32.2. The average molecular weight is 383 g/mol. The van der Waals surface area contributed by atoms with E-state index in [-0.39, 0.29) is 21.5 Å². The molecule has 0 aromatic heterocycles. The lowest BCUT2D eigenvalue weighted by atomic mass is 10.2. The monoisotopic (exact) mass is 383 g/mol. The molecule has 1 aliphatic rings. The minimum atomic E-state index is -3.86. The van der Waals surface area contributed by atoms with Crippen molar-refractivity contribution >= 4 is 38.8 Å². The van der Waals surface area contributed by atoms with E-state index in [0.717, 1.165) is 23.4 Å². The van der Waals surface area contributed by atoms with Crippen LogP contribution >= 0.6 is 11.8 Å². The zero-order chi connectivity index (χ0) is 18.6. The number of ether oxygens (including phenoxy) is 1. The molecule has 1 saturated heterocycles. The van der Waals surface area contributed by atoms with E-state index in [4.69, 9.17) is 0 Å². The van der Waals surface area contributed by atoms with E-state index >= 15 is 0 Å². The standard InChI is InChI=1S/C15H17N3O5S2/c1-4-18-14(20)12(9-13(19)23-3)24-15(18)16-17-25(21,22)11-7-5-10(2)6-8-11/h5-9,17H,4H2,1-3H3/b12-9-,16-15-. The Morgan fingerprint density at radius 1 is 1.36 bits per heavy atom. The first kappa shape index (κ1) is 19.0. The number of likely N-dealkylation sites (N-methyl/N-ethyl adjacent to an activating group) is 1. The maximum absolute atomic E-state index is 12.3. The van der Waals surface area contributed by atoms with Gasteiger partial charge in [0.1, 0.15) is 0 Å². The fourth-order valence-electron chi connectivity index (χ4n) is 1.91. The van der Waals surface area contributed by atoms with Gasteiger partial charge in [-0.1, -0.05) is 17.7 Å². The lowest BCUT2D eigenvalue weighted by Crippen LogP contribution is -2.31. The largest absolute Gasteiger partial charge is 0.466 e. The molecule has 134 valence electrons. The lowest BCUT2D eigenvalue weighted by Gasteiger charge is -2.12. The molecular formula is C15H17N3O5S2. The third-order valence-corrected chi connectivity index (χ3v) is 5.48. The fraction of sp³-hybridized carbons (Fsp3) is 0.267. The van der Waals surface area contributed by atoms with Crippen LogP contribution in [0.2, 0.25) is 0 Å². The van der Waals surface area contributed by atoms with Crippen molar-refractivity contribution in [2.45, 2.75) is 18.7 Å². The highest BCUT2D eigenvalue weighted by Crippen LogP contribution is 2.30. The van der Waals surface area contributed by atoms with Crippen molar-refractivity contribution in [2.24, 2.45) is 5.10 Å². The molecule has 0 atom stereocenters. The van der Waals surface area contributed by atoms with Gasteiger partial charge < -0.3 is 4.74 Å². The summed E-state index contributed by atoms with van der Waals surface area (Å²) in [6.07, 6.45) is 1.05. The molecule has 0 unspecified atom stereocenters. The number of sulfonamides is 1. The van der Waals surface area contributed by atoms with Crippen LogP contribution in [0.25, 0.3) is 0 Å². The molecule has 1 aromatic rings. The van der Waals surface area contributed by atoms with Crippen LogP contribution in [0.15, 0.2) is 45.2 Å². The number of hydrazone groups is 1. The van der Waals surface area contributed by atoms with E-state index in [0.29, 0.717) is 0 Å². The summed E-state index contributed by atoms with van der Waals surface area (Å²) >= 11 is 0.893. The van der Waals surface area contributed by atoms with Crippen molar-refractivity contribution in [1.82, 2.24) is 9.73 Å². The molecule has 0 aliphatic carbocycles. The van der Waals surface area contributed by atoms with Gasteiger partial charge in [0.05, 0.1) is 16.9 Å². The molecule has 1 amide bonds. The maximum Gasteiger partial charge on any atom is 0.331 e. The molecule has 0 radical (unpaired) electrons. The number of carbonyl (C=O) groups is 2. The van der Waals surface area contributed by atoms with E-state index in [2.05, 4.69) is 14.7 Å². The number of methoxy groups -OCH3 is 1. The Balaban J connectivity index is 2.24. The number of rotatable bonds is 5. The van der Waals surface area contributed by atoms with Crippen molar-refractivity contribution in [2.75, 3.05) is 13.7 Å². The van der Waals surface area contributed by atoms with Crippen LogP contribution in [0.1, 0.15) is 12.5 Å². The summed E-state index contributed by atoms with van der Waals surface area (Å²) in [5, 5.41) is 3.97. The average Bonchev–Trinajstić information content (AvgIpc) is 2.88. The number of aryl methyl sites for hydroxylation is 1. The number of hydrogen-bond donors (Lipinski definition) is 1. The van der Waals surface area contributed by atoms with Crippen molar-refractivity contribution in [3.63, 3.8) is 0 Å². The van der Waals surface area contributed by atoms with E-state index in [1.807, 2.05) is 6.92 Å². The van der Waals surface area contributed by atoms with Crippen LogP contribution in [0.5, 0.6) is 0 Å². The Bertz CT molecular complexity index is 844. The summed E-state index contributed by atoms with van der Waals surface area (Å²) in [6, 6.07) is 6.27. The Morgan fingerprint density at radius 3 is 2.56 bits per heavy atom. The van der Waals surface area contributed by atoms with Crippen LogP contribution < -0.4 is 4.83 Å². The van der Waals surface area contributed by atoms with Gasteiger partial charge >= 0.3 is 5.97 Å². The summed E-state index contributed by atoms with van der Waals surface area (Å²) in [4.78, 5) is 27.1. The number of amidine groups is 1. The van der Waals surface area contributed by atoms with Gasteiger partial charge in [0.25, 0.3) is 15.9 Å². The predicted molar refractivity (Wildman–Crippen MR) is 94.0 cm³/mol. The highest BCUT2D eigenvalue weighted by molar-refractivity contribution is 8.18. The molecule has 25 heavy (non-hydrogen) atoms. The van der Waals surface area contributed by atoms with Crippen molar-refractivity contribution in [1.29, 1.82) is 0 Å². The zero-order valence-electron chi connectivity index (χ0n) is 13.8. The molecular weight excluding hydrogens is 366 g/mol. The number of hydrogen-bond acceptors (Lipinski definition) is 7. The van der Waals surface area contributed by atoms with Gasteiger partial charge in [0, 0.05) is 12.6 Å². The molecule has 1 aromatic carbocycles. The van der Waals surface area contributed by atoms with Gasteiger partial charge in [-0.15, -0.1) is 5.10 Å². The molecule has 0 saturated carbocycles. The number of carbonyl (C=O) groups excluding carboxylic acids is 2. The third kappa shape index (κ3) is 4.40. The number of esters is 1. The van der Waals surface area contributed by atoms with E-state index in [9.17, 15) is 18.0 Å². The molecule has 1 heterocycles. The van der Waals surface area contributed by atoms with Gasteiger partial charge in [-0.2, -0.15) is 13.2 Å². The maximum atomic E-state index is 12.3.